The van der Waals surface area contributed by atoms with Crippen LogP contribution in [0.3, 0.4) is 0 Å². The Morgan fingerprint density at radius 2 is 1.29 bits per heavy atom. The molecule has 0 amide bonds. The van der Waals surface area contributed by atoms with Gasteiger partial charge in [0.05, 0.1) is 0 Å². The van der Waals surface area contributed by atoms with E-state index in [1.54, 1.807) is 13.2 Å². The molecule has 3 heteroatoms. The summed E-state index contributed by atoms with van der Waals surface area (Å²) >= 11 is 0. The fraction of sp³-hybridized carbons (Fsp3) is 0.857. The van der Waals surface area contributed by atoms with E-state index in [1.165, 1.54) is 89.5 Å². The van der Waals surface area contributed by atoms with E-state index in [0.29, 0.717) is 0 Å². The van der Waals surface area contributed by atoms with Crippen LogP contribution in [0.5, 0.6) is 0 Å². The molecule has 0 saturated heterocycles. The van der Waals surface area contributed by atoms with E-state index in [2.05, 4.69) is 6.92 Å². The van der Waals surface area contributed by atoms with Crippen LogP contribution in [0, 0.1) is 0 Å². The summed E-state index contributed by atoms with van der Waals surface area (Å²) in [7, 11) is 1.60. The van der Waals surface area contributed by atoms with Crippen LogP contribution in [-0.2, 0) is 14.3 Å². The van der Waals surface area contributed by atoms with Crippen molar-refractivity contribution in [1.29, 1.82) is 0 Å². The average Bonchev–Trinajstić information content (AvgIpc) is 2.97. The van der Waals surface area contributed by atoms with Gasteiger partial charge in [-0.25, -0.2) is 4.79 Å². The first kappa shape index (κ1) is 21.2. The SMILES string of the molecule is CCCCCCCCCCCCCCCC[C@@]1(OC)C=CC(=O)O1. The molecule has 140 valence electrons. The molecule has 0 aliphatic carbocycles. The lowest BCUT2D eigenvalue weighted by molar-refractivity contribution is -0.190. The number of carbonyl (C=O) groups is 1. The Morgan fingerprint density at radius 1 is 0.833 bits per heavy atom. The standard InChI is InChI=1S/C21H38O3/c1-3-4-5-6-7-8-9-10-11-12-13-14-15-16-18-21(23-2)19-17-20(22)24-21/h17,19H,3-16,18H2,1-2H3/t21-/m0/s1. The lowest BCUT2D eigenvalue weighted by atomic mass is 10.0. The molecule has 0 bridgehead atoms. The van der Waals surface area contributed by atoms with Crippen LogP contribution < -0.4 is 0 Å². The summed E-state index contributed by atoms with van der Waals surface area (Å²) in [5.74, 6) is -1.07. The minimum absolute atomic E-state index is 0.290. The minimum atomic E-state index is -0.784. The van der Waals surface area contributed by atoms with E-state index in [-0.39, 0.29) is 5.97 Å². The molecular formula is C21H38O3. The summed E-state index contributed by atoms with van der Waals surface area (Å²) in [4.78, 5) is 11.2. The van der Waals surface area contributed by atoms with Crippen LogP contribution in [0.2, 0.25) is 0 Å². The second-order valence-corrected chi connectivity index (χ2v) is 7.12. The van der Waals surface area contributed by atoms with Gasteiger partial charge in [0.15, 0.2) is 0 Å². The Bertz CT molecular complexity index is 351. The van der Waals surface area contributed by atoms with Gasteiger partial charge in [0, 0.05) is 19.6 Å². The molecule has 1 atom stereocenters. The van der Waals surface area contributed by atoms with Gasteiger partial charge >= 0.3 is 5.97 Å². The van der Waals surface area contributed by atoms with Crippen LogP contribution in [0.15, 0.2) is 12.2 Å². The predicted octanol–water partition coefficient (Wildman–Crippen LogP) is 6.31. The van der Waals surface area contributed by atoms with Crippen molar-refractivity contribution in [2.75, 3.05) is 7.11 Å². The number of ether oxygens (including phenoxy) is 2. The van der Waals surface area contributed by atoms with Crippen LogP contribution >= 0.6 is 0 Å². The maximum atomic E-state index is 11.2. The van der Waals surface area contributed by atoms with Crippen molar-refractivity contribution in [3.8, 4) is 0 Å². The van der Waals surface area contributed by atoms with E-state index >= 15 is 0 Å². The van der Waals surface area contributed by atoms with Gasteiger partial charge in [-0.3, -0.25) is 0 Å². The zero-order chi connectivity index (χ0) is 17.5. The highest BCUT2D eigenvalue weighted by molar-refractivity contribution is 5.84. The van der Waals surface area contributed by atoms with Crippen molar-refractivity contribution >= 4 is 5.97 Å². The molecule has 24 heavy (non-hydrogen) atoms. The zero-order valence-corrected chi connectivity index (χ0v) is 16.0. The number of unbranched alkanes of at least 4 members (excludes halogenated alkanes) is 13. The average molecular weight is 339 g/mol. The van der Waals surface area contributed by atoms with Crippen LogP contribution in [0.25, 0.3) is 0 Å². The molecule has 0 radical (unpaired) electrons. The molecule has 1 rings (SSSR count). The first-order chi connectivity index (χ1) is 11.7. The summed E-state index contributed by atoms with van der Waals surface area (Å²) in [5, 5.41) is 0. The lowest BCUT2D eigenvalue weighted by Gasteiger charge is -2.24. The third kappa shape index (κ3) is 9.46. The maximum Gasteiger partial charge on any atom is 0.333 e. The Balaban J connectivity index is 1.82. The van der Waals surface area contributed by atoms with E-state index in [1.807, 2.05) is 0 Å². The summed E-state index contributed by atoms with van der Waals surface area (Å²) in [6.07, 6.45) is 22.8. The molecule has 3 nitrogen and oxygen atoms in total. The molecule has 0 saturated carbocycles. The van der Waals surface area contributed by atoms with Crippen LogP contribution in [-0.4, -0.2) is 18.9 Å². The number of hydrogen-bond donors (Lipinski definition) is 0. The molecule has 1 aliphatic rings. The van der Waals surface area contributed by atoms with Gasteiger partial charge in [-0.2, -0.15) is 0 Å². The van der Waals surface area contributed by atoms with E-state index < -0.39 is 5.79 Å². The summed E-state index contributed by atoms with van der Waals surface area (Å²) in [6.45, 7) is 2.27. The molecular weight excluding hydrogens is 300 g/mol. The van der Waals surface area contributed by atoms with E-state index in [4.69, 9.17) is 9.47 Å². The molecule has 0 N–H and O–H groups in total. The van der Waals surface area contributed by atoms with Crippen molar-refractivity contribution in [2.24, 2.45) is 0 Å². The minimum Gasteiger partial charge on any atom is -0.426 e. The molecule has 1 heterocycles. The van der Waals surface area contributed by atoms with Gasteiger partial charge in [-0.15, -0.1) is 0 Å². The topological polar surface area (TPSA) is 35.5 Å². The van der Waals surface area contributed by atoms with Crippen molar-refractivity contribution in [3.63, 3.8) is 0 Å². The Morgan fingerprint density at radius 3 is 1.67 bits per heavy atom. The third-order valence-electron chi connectivity index (χ3n) is 4.97. The van der Waals surface area contributed by atoms with Gasteiger partial charge in [0.1, 0.15) is 0 Å². The Labute approximate surface area is 149 Å². The Hall–Kier alpha value is -0.830. The lowest BCUT2D eigenvalue weighted by Crippen LogP contribution is -2.30. The zero-order valence-electron chi connectivity index (χ0n) is 16.0. The summed E-state index contributed by atoms with van der Waals surface area (Å²) in [5.41, 5.74) is 0. The van der Waals surface area contributed by atoms with Gasteiger partial charge in [0.2, 0.25) is 5.79 Å². The van der Waals surface area contributed by atoms with Crippen LogP contribution in [0.1, 0.15) is 103 Å². The molecule has 0 aromatic heterocycles. The molecule has 0 aromatic carbocycles. The fourth-order valence-corrected chi connectivity index (χ4v) is 3.35. The maximum absolute atomic E-state index is 11.2. The van der Waals surface area contributed by atoms with Gasteiger partial charge in [0.25, 0.3) is 0 Å². The predicted molar refractivity (Wildman–Crippen MR) is 99.9 cm³/mol. The molecule has 0 unspecified atom stereocenters. The molecule has 0 aromatic rings. The highest BCUT2D eigenvalue weighted by Crippen LogP contribution is 2.27. The largest absolute Gasteiger partial charge is 0.426 e. The smallest absolute Gasteiger partial charge is 0.333 e. The number of hydrogen-bond acceptors (Lipinski definition) is 3. The normalized spacial score (nSPS) is 19.8. The van der Waals surface area contributed by atoms with Crippen molar-refractivity contribution in [3.05, 3.63) is 12.2 Å². The second-order valence-electron chi connectivity index (χ2n) is 7.12. The monoisotopic (exact) mass is 338 g/mol. The molecule has 0 spiro atoms. The number of carbonyl (C=O) groups excluding carboxylic acids is 1. The van der Waals surface area contributed by atoms with E-state index in [0.717, 1.165) is 12.8 Å². The summed E-state index contributed by atoms with van der Waals surface area (Å²) < 4.78 is 10.6. The highest BCUT2D eigenvalue weighted by atomic mass is 16.7. The second kappa shape index (κ2) is 13.5. The van der Waals surface area contributed by atoms with Crippen molar-refractivity contribution in [2.45, 2.75) is 109 Å². The fourth-order valence-electron chi connectivity index (χ4n) is 3.35. The molecule has 0 fully saturated rings. The number of methoxy groups -OCH3 is 1. The number of esters is 1. The van der Waals surface area contributed by atoms with Gasteiger partial charge in [-0.1, -0.05) is 90.4 Å². The van der Waals surface area contributed by atoms with Gasteiger partial charge < -0.3 is 9.47 Å². The molecule has 1 aliphatic heterocycles. The highest BCUT2D eigenvalue weighted by Gasteiger charge is 2.34. The first-order valence-electron chi connectivity index (χ1n) is 10.2. The Kier molecular flexibility index (Phi) is 11.9. The van der Waals surface area contributed by atoms with E-state index in [9.17, 15) is 4.79 Å². The number of cyclic esters (lactones) is 1. The van der Waals surface area contributed by atoms with Crippen molar-refractivity contribution in [1.82, 2.24) is 0 Å². The number of rotatable bonds is 16. The third-order valence-corrected chi connectivity index (χ3v) is 4.97. The first-order valence-corrected chi connectivity index (χ1v) is 10.2. The summed E-state index contributed by atoms with van der Waals surface area (Å²) in [6, 6.07) is 0. The van der Waals surface area contributed by atoms with Gasteiger partial charge in [-0.05, 0) is 12.5 Å². The van der Waals surface area contributed by atoms with Crippen molar-refractivity contribution < 1.29 is 14.3 Å². The quantitative estimate of drug-likeness (QED) is 0.244. The van der Waals surface area contributed by atoms with Crippen LogP contribution in [0.4, 0.5) is 0 Å².